The van der Waals surface area contributed by atoms with Crippen molar-refractivity contribution >= 4 is 17.5 Å². The van der Waals surface area contributed by atoms with E-state index >= 15 is 0 Å². The molecule has 25 heavy (non-hydrogen) atoms. The van der Waals surface area contributed by atoms with Gasteiger partial charge >= 0.3 is 0 Å². The number of hydrogen-bond acceptors (Lipinski definition) is 3. The van der Waals surface area contributed by atoms with Crippen molar-refractivity contribution in [2.75, 3.05) is 39.3 Å². The van der Waals surface area contributed by atoms with Crippen LogP contribution >= 0.6 is 11.6 Å². The second-order valence-electron chi connectivity index (χ2n) is 5.92. The molecule has 2 aromatic rings. The molecule has 1 saturated heterocycles. The van der Waals surface area contributed by atoms with Crippen molar-refractivity contribution in [3.63, 3.8) is 0 Å². The van der Waals surface area contributed by atoms with Crippen LogP contribution in [-0.2, 0) is 0 Å². The Morgan fingerprint density at radius 1 is 1.08 bits per heavy atom. The second-order valence-corrected chi connectivity index (χ2v) is 6.33. The highest BCUT2D eigenvalue weighted by molar-refractivity contribution is 6.33. The lowest BCUT2D eigenvalue weighted by Gasteiger charge is -2.34. The summed E-state index contributed by atoms with van der Waals surface area (Å²) in [4.78, 5) is 16.5. The van der Waals surface area contributed by atoms with Gasteiger partial charge in [0.05, 0.1) is 10.6 Å². The first kappa shape index (κ1) is 17.7. The van der Waals surface area contributed by atoms with Crippen LogP contribution in [0.3, 0.4) is 0 Å². The number of carbonyl (C=O) groups is 1. The first-order valence-corrected chi connectivity index (χ1v) is 8.66. The molecule has 0 saturated carbocycles. The molecule has 0 aliphatic carbocycles. The van der Waals surface area contributed by atoms with E-state index in [0.29, 0.717) is 25.3 Å². The van der Waals surface area contributed by atoms with Crippen molar-refractivity contribution in [3.8, 4) is 5.75 Å². The third-order valence-electron chi connectivity index (χ3n) is 4.24. The molecule has 0 bridgehead atoms. The van der Waals surface area contributed by atoms with Gasteiger partial charge in [0.25, 0.3) is 5.91 Å². The van der Waals surface area contributed by atoms with Crippen LogP contribution < -0.4 is 4.74 Å². The summed E-state index contributed by atoms with van der Waals surface area (Å²) >= 11 is 5.98. The van der Waals surface area contributed by atoms with Crippen molar-refractivity contribution in [3.05, 3.63) is 64.9 Å². The lowest BCUT2D eigenvalue weighted by atomic mass is 10.1. The molecule has 1 amide bonds. The number of rotatable bonds is 5. The number of piperazine rings is 1. The smallest absolute Gasteiger partial charge is 0.255 e. The van der Waals surface area contributed by atoms with Crippen LogP contribution in [0, 0.1) is 5.82 Å². The molecule has 0 spiro atoms. The van der Waals surface area contributed by atoms with Crippen molar-refractivity contribution in [1.82, 2.24) is 9.80 Å². The Balaban J connectivity index is 1.46. The van der Waals surface area contributed by atoms with E-state index in [9.17, 15) is 9.18 Å². The largest absolute Gasteiger partial charge is 0.492 e. The van der Waals surface area contributed by atoms with Crippen LogP contribution in [0.1, 0.15) is 10.4 Å². The summed E-state index contributed by atoms with van der Waals surface area (Å²) in [5, 5.41) is 0.156. The van der Waals surface area contributed by atoms with Crippen LogP contribution in [0.25, 0.3) is 0 Å². The molecule has 2 aromatic carbocycles. The first-order valence-electron chi connectivity index (χ1n) is 8.28. The molecular weight excluding hydrogens is 343 g/mol. The van der Waals surface area contributed by atoms with Gasteiger partial charge in [-0.05, 0) is 30.3 Å². The van der Waals surface area contributed by atoms with Crippen LogP contribution in [0.4, 0.5) is 4.39 Å². The summed E-state index contributed by atoms with van der Waals surface area (Å²) in [5.41, 5.74) is 0.351. The van der Waals surface area contributed by atoms with E-state index in [1.807, 2.05) is 30.3 Å². The maximum Gasteiger partial charge on any atom is 0.255 e. The molecule has 1 aliphatic heterocycles. The van der Waals surface area contributed by atoms with Crippen LogP contribution in [-0.4, -0.2) is 55.0 Å². The predicted molar refractivity (Wildman–Crippen MR) is 95.7 cm³/mol. The topological polar surface area (TPSA) is 32.8 Å². The minimum Gasteiger partial charge on any atom is -0.492 e. The zero-order valence-corrected chi connectivity index (χ0v) is 14.6. The average molecular weight is 363 g/mol. The number of hydrogen-bond donors (Lipinski definition) is 0. The van der Waals surface area contributed by atoms with Crippen molar-refractivity contribution < 1.29 is 13.9 Å². The summed E-state index contributed by atoms with van der Waals surface area (Å²) in [6.07, 6.45) is 0. The van der Waals surface area contributed by atoms with Gasteiger partial charge in [-0.3, -0.25) is 9.69 Å². The number of halogens is 2. The van der Waals surface area contributed by atoms with Crippen molar-refractivity contribution in [2.24, 2.45) is 0 Å². The molecule has 0 aromatic heterocycles. The van der Waals surface area contributed by atoms with E-state index in [-0.39, 0.29) is 10.9 Å². The van der Waals surface area contributed by atoms with Gasteiger partial charge in [0, 0.05) is 32.7 Å². The molecule has 3 rings (SSSR count). The van der Waals surface area contributed by atoms with E-state index < -0.39 is 5.82 Å². The normalized spacial score (nSPS) is 15.2. The Morgan fingerprint density at radius 3 is 2.48 bits per heavy atom. The maximum absolute atomic E-state index is 13.1. The fraction of sp³-hybridized carbons (Fsp3) is 0.316. The van der Waals surface area contributed by atoms with E-state index in [1.54, 1.807) is 4.90 Å². The Hall–Kier alpha value is -2.11. The maximum atomic E-state index is 13.1. The van der Waals surface area contributed by atoms with E-state index in [4.69, 9.17) is 16.3 Å². The zero-order chi connectivity index (χ0) is 17.6. The van der Waals surface area contributed by atoms with Gasteiger partial charge in [-0.2, -0.15) is 0 Å². The number of carbonyl (C=O) groups excluding carboxylic acids is 1. The first-order chi connectivity index (χ1) is 12.1. The summed E-state index contributed by atoms with van der Waals surface area (Å²) in [6, 6.07) is 13.6. The number of ether oxygens (including phenoxy) is 1. The summed E-state index contributed by atoms with van der Waals surface area (Å²) < 4.78 is 18.8. The number of amides is 1. The van der Waals surface area contributed by atoms with Gasteiger partial charge in [0.2, 0.25) is 0 Å². The Labute approximate surface area is 151 Å². The highest BCUT2D eigenvalue weighted by atomic mass is 35.5. The summed E-state index contributed by atoms with van der Waals surface area (Å²) in [7, 11) is 0. The molecule has 0 unspecified atom stereocenters. The predicted octanol–water partition coefficient (Wildman–Crippen LogP) is 3.32. The molecule has 132 valence electrons. The lowest BCUT2D eigenvalue weighted by molar-refractivity contribution is 0.0620. The highest BCUT2D eigenvalue weighted by Crippen LogP contribution is 2.20. The zero-order valence-electron chi connectivity index (χ0n) is 13.8. The monoisotopic (exact) mass is 362 g/mol. The molecule has 1 fully saturated rings. The van der Waals surface area contributed by atoms with Gasteiger partial charge in [0.15, 0.2) is 0 Å². The Kier molecular flexibility index (Phi) is 5.89. The molecular formula is C19H20ClFN2O2. The SMILES string of the molecule is O=C(c1ccc(F)cc1Cl)N1CCN(CCOc2ccccc2)CC1. The number of para-hydroxylation sites is 1. The van der Waals surface area contributed by atoms with E-state index in [2.05, 4.69) is 4.90 Å². The standard InChI is InChI=1S/C19H20ClFN2O2/c20-18-14-15(21)6-7-17(18)19(24)23-10-8-22(9-11-23)12-13-25-16-4-2-1-3-5-16/h1-7,14H,8-13H2. The Morgan fingerprint density at radius 2 is 1.80 bits per heavy atom. The molecule has 1 heterocycles. The van der Waals surface area contributed by atoms with Gasteiger partial charge in [0.1, 0.15) is 18.2 Å². The van der Waals surface area contributed by atoms with Crippen LogP contribution in [0.5, 0.6) is 5.75 Å². The summed E-state index contributed by atoms with van der Waals surface area (Å²) in [6.45, 7) is 4.23. The van der Waals surface area contributed by atoms with Crippen LogP contribution in [0.15, 0.2) is 48.5 Å². The van der Waals surface area contributed by atoms with Crippen molar-refractivity contribution in [1.29, 1.82) is 0 Å². The Bertz CT molecular complexity index is 719. The molecule has 6 heteroatoms. The molecule has 1 aliphatic rings. The lowest BCUT2D eigenvalue weighted by Crippen LogP contribution is -2.49. The minimum absolute atomic E-state index is 0.148. The van der Waals surface area contributed by atoms with Crippen LogP contribution in [0.2, 0.25) is 5.02 Å². The van der Waals surface area contributed by atoms with Gasteiger partial charge in [-0.25, -0.2) is 4.39 Å². The average Bonchev–Trinajstić information content (AvgIpc) is 2.63. The quantitative estimate of drug-likeness (QED) is 0.818. The fourth-order valence-electron chi connectivity index (χ4n) is 2.82. The summed E-state index contributed by atoms with van der Waals surface area (Å²) in [5.74, 6) is 0.275. The molecule has 0 radical (unpaired) electrons. The third-order valence-corrected chi connectivity index (χ3v) is 4.55. The highest BCUT2D eigenvalue weighted by Gasteiger charge is 2.23. The molecule has 0 N–H and O–H groups in total. The number of nitrogens with zero attached hydrogens (tertiary/aromatic N) is 2. The van der Waals surface area contributed by atoms with Gasteiger partial charge in [-0.15, -0.1) is 0 Å². The minimum atomic E-state index is -0.440. The van der Waals surface area contributed by atoms with Crippen molar-refractivity contribution in [2.45, 2.75) is 0 Å². The van der Waals surface area contributed by atoms with E-state index in [0.717, 1.165) is 25.4 Å². The second kappa shape index (κ2) is 8.32. The third kappa shape index (κ3) is 4.71. The van der Waals surface area contributed by atoms with Gasteiger partial charge in [-0.1, -0.05) is 29.8 Å². The molecule has 4 nitrogen and oxygen atoms in total. The van der Waals surface area contributed by atoms with Gasteiger partial charge < -0.3 is 9.64 Å². The fourth-order valence-corrected chi connectivity index (χ4v) is 3.07. The number of benzene rings is 2. The van der Waals surface area contributed by atoms with E-state index in [1.165, 1.54) is 18.2 Å². The molecule has 0 atom stereocenters.